The van der Waals surface area contributed by atoms with Crippen LogP contribution in [-0.4, -0.2) is 30.3 Å². The van der Waals surface area contributed by atoms with Gasteiger partial charge in [-0.25, -0.2) is 0 Å². The molecular formula is C29H41NO2. The van der Waals surface area contributed by atoms with E-state index >= 15 is 0 Å². The van der Waals surface area contributed by atoms with Gasteiger partial charge in [0.1, 0.15) is 0 Å². The number of hydrogen-bond donors (Lipinski definition) is 1. The van der Waals surface area contributed by atoms with Crippen LogP contribution in [0.2, 0.25) is 0 Å². The number of dihydropyridines is 1. The van der Waals surface area contributed by atoms with Crippen LogP contribution in [0.1, 0.15) is 73.6 Å². The number of hydrogen-bond acceptors (Lipinski definition) is 3. The summed E-state index contributed by atoms with van der Waals surface area (Å²) in [5.74, 6) is 1.69. The molecule has 0 bridgehead atoms. The molecule has 2 saturated carbocycles. The lowest BCUT2D eigenvalue weighted by atomic mass is 9.66. The smallest absolute Gasteiger partial charge is 0.176 e. The molecule has 32 heavy (non-hydrogen) atoms. The first-order valence-electron chi connectivity index (χ1n) is 12.3. The summed E-state index contributed by atoms with van der Waals surface area (Å²) in [6, 6.07) is 0.312. The lowest BCUT2D eigenvalue weighted by Crippen LogP contribution is -2.29. The lowest BCUT2D eigenvalue weighted by Gasteiger charge is -2.39. The standard InChI is InChI=1S/C29H41NO2/c1-16(13-17(2)28(31)32-8)26-18(3)19(4)30-25-15-24-22-12-10-21(29(5,6)7)14-20(22)9-11-23(24)27(25)26/h9,13,21,23,25,27-28,31H,1,10-12,14-15H2,2-8H3. The fourth-order valence-corrected chi connectivity index (χ4v) is 6.55. The summed E-state index contributed by atoms with van der Waals surface area (Å²) in [7, 11) is 1.53. The zero-order valence-corrected chi connectivity index (χ0v) is 21.1. The predicted molar refractivity (Wildman–Crippen MR) is 134 cm³/mol. The van der Waals surface area contributed by atoms with E-state index in [1.54, 1.807) is 16.7 Å². The highest BCUT2D eigenvalue weighted by atomic mass is 16.6. The van der Waals surface area contributed by atoms with Crippen LogP contribution < -0.4 is 0 Å². The highest BCUT2D eigenvalue weighted by Gasteiger charge is 2.47. The third-order valence-corrected chi connectivity index (χ3v) is 8.55. The van der Waals surface area contributed by atoms with E-state index in [4.69, 9.17) is 9.73 Å². The Labute approximate surface area is 194 Å². The summed E-state index contributed by atoms with van der Waals surface area (Å²) in [6.07, 6.45) is 9.64. The van der Waals surface area contributed by atoms with E-state index in [2.05, 4.69) is 47.3 Å². The topological polar surface area (TPSA) is 41.8 Å². The Morgan fingerprint density at radius 2 is 2.00 bits per heavy atom. The van der Waals surface area contributed by atoms with Gasteiger partial charge in [0.15, 0.2) is 6.29 Å². The van der Waals surface area contributed by atoms with Gasteiger partial charge in [0.05, 0.1) is 6.04 Å². The molecule has 0 saturated heterocycles. The molecule has 0 aromatic carbocycles. The van der Waals surface area contributed by atoms with Crippen LogP contribution in [0.3, 0.4) is 0 Å². The third-order valence-electron chi connectivity index (χ3n) is 8.55. The van der Waals surface area contributed by atoms with Crippen molar-refractivity contribution in [1.29, 1.82) is 0 Å². The molecule has 1 heterocycles. The summed E-state index contributed by atoms with van der Waals surface area (Å²) < 4.78 is 5.10. The third kappa shape index (κ3) is 4.03. The van der Waals surface area contributed by atoms with Crippen molar-refractivity contribution in [3.8, 4) is 0 Å². The average molecular weight is 436 g/mol. The molecule has 3 nitrogen and oxygen atoms in total. The molecule has 3 aliphatic carbocycles. The summed E-state index contributed by atoms with van der Waals surface area (Å²) in [4.78, 5) is 5.17. The van der Waals surface area contributed by atoms with Gasteiger partial charge in [0.25, 0.3) is 0 Å². The minimum absolute atomic E-state index is 0.312. The molecule has 4 rings (SSSR count). The SMILES string of the molecule is C=C(C=C(C)C(O)OC)C1=C(C)C(C)=NC2CC3=C4CCC(C(C)(C)C)CC4=CCC3C12. The van der Waals surface area contributed by atoms with Crippen molar-refractivity contribution in [2.24, 2.45) is 28.2 Å². The number of methoxy groups -OCH3 is 1. The minimum atomic E-state index is -0.888. The highest BCUT2D eigenvalue weighted by Crippen LogP contribution is 2.55. The van der Waals surface area contributed by atoms with Gasteiger partial charge in [-0.15, -0.1) is 0 Å². The Morgan fingerprint density at radius 3 is 2.66 bits per heavy atom. The molecule has 0 aromatic rings. The number of fused-ring (bicyclic) bond motifs is 4. The maximum absolute atomic E-state index is 10.1. The number of aliphatic imine (C=N–C) groups is 1. The van der Waals surface area contributed by atoms with Crippen molar-refractivity contribution in [3.05, 3.63) is 57.7 Å². The van der Waals surface area contributed by atoms with Crippen LogP contribution in [0, 0.1) is 23.2 Å². The van der Waals surface area contributed by atoms with Gasteiger partial charge in [-0.3, -0.25) is 4.99 Å². The molecule has 1 aliphatic heterocycles. The second kappa shape index (κ2) is 8.57. The van der Waals surface area contributed by atoms with Gasteiger partial charge in [-0.2, -0.15) is 0 Å². The molecule has 1 N–H and O–H groups in total. The zero-order valence-electron chi connectivity index (χ0n) is 21.1. The van der Waals surface area contributed by atoms with Gasteiger partial charge in [0, 0.05) is 18.7 Å². The van der Waals surface area contributed by atoms with E-state index < -0.39 is 6.29 Å². The second-order valence-corrected chi connectivity index (χ2v) is 11.4. The quantitative estimate of drug-likeness (QED) is 0.393. The van der Waals surface area contributed by atoms with E-state index in [9.17, 15) is 5.11 Å². The Balaban J connectivity index is 1.67. The molecule has 174 valence electrons. The van der Waals surface area contributed by atoms with Crippen LogP contribution in [-0.2, 0) is 4.74 Å². The van der Waals surface area contributed by atoms with E-state index in [1.807, 2.05) is 13.0 Å². The zero-order chi connectivity index (χ0) is 23.4. The molecule has 0 radical (unpaired) electrons. The maximum Gasteiger partial charge on any atom is 0.176 e. The van der Waals surface area contributed by atoms with Crippen LogP contribution in [0.4, 0.5) is 0 Å². The molecule has 4 aliphatic rings. The van der Waals surface area contributed by atoms with E-state index in [-0.39, 0.29) is 0 Å². The Bertz CT molecular complexity index is 966. The van der Waals surface area contributed by atoms with Crippen molar-refractivity contribution in [2.75, 3.05) is 7.11 Å². The van der Waals surface area contributed by atoms with E-state index in [0.717, 1.165) is 35.6 Å². The monoisotopic (exact) mass is 435 g/mol. The summed E-state index contributed by atoms with van der Waals surface area (Å²) in [6.45, 7) is 17.9. The highest BCUT2D eigenvalue weighted by molar-refractivity contribution is 6.00. The number of rotatable bonds is 4. The Kier molecular flexibility index (Phi) is 6.28. The number of aliphatic hydroxyl groups excluding tert-OH is 1. The first-order valence-corrected chi connectivity index (χ1v) is 12.3. The molecule has 3 heteroatoms. The fourth-order valence-electron chi connectivity index (χ4n) is 6.55. The van der Waals surface area contributed by atoms with Crippen molar-refractivity contribution < 1.29 is 9.84 Å². The van der Waals surface area contributed by atoms with Gasteiger partial charge in [-0.1, -0.05) is 45.1 Å². The van der Waals surface area contributed by atoms with Crippen molar-refractivity contribution in [1.82, 2.24) is 0 Å². The molecule has 0 spiro atoms. The van der Waals surface area contributed by atoms with Gasteiger partial charge in [-0.05, 0) is 104 Å². The molecule has 5 atom stereocenters. The molecule has 5 unspecified atom stereocenters. The van der Waals surface area contributed by atoms with Gasteiger partial charge in [0.2, 0.25) is 0 Å². The molecule has 2 fully saturated rings. The number of nitrogens with zero attached hydrogens (tertiary/aromatic N) is 1. The van der Waals surface area contributed by atoms with E-state index in [1.165, 1.54) is 37.5 Å². The van der Waals surface area contributed by atoms with Gasteiger partial charge >= 0.3 is 0 Å². The number of ether oxygens (including phenoxy) is 1. The van der Waals surface area contributed by atoms with Crippen molar-refractivity contribution in [2.45, 2.75) is 86.0 Å². The fraction of sp³-hybridized carbons (Fsp3) is 0.621. The predicted octanol–water partition coefficient (Wildman–Crippen LogP) is 6.72. The number of allylic oxidation sites excluding steroid dienone is 6. The first-order chi connectivity index (χ1) is 15.0. The van der Waals surface area contributed by atoms with Crippen LogP contribution in [0.5, 0.6) is 0 Å². The van der Waals surface area contributed by atoms with Crippen LogP contribution in [0.25, 0.3) is 0 Å². The Morgan fingerprint density at radius 1 is 1.28 bits per heavy atom. The number of aliphatic hydroxyl groups is 1. The lowest BCUT2D eigenvalue weighted by molar-refractivity contribution is -0.0445. The maximum atomic E-state index is 10.1. The van der Waals surface area contributed by atoms with Crippen molar-refractivity contribution >= 4 is 5.71 Å². The summed E-state index contributed by atoms with van der Waals surface area (Å²) >= 11 is 0. The molecular weight excluding hydrogens is 394 g/mol. The normalized spacial score (nSPS) is 31.6. The van der Waals surface area contributed by atoms with Crippen LogP contribution in [0.15, 0.2) is 62.7 Å². The molecule has 0 amide bonds. The molecule has 0 aromatic heterocycles. The van der Waals surface area contributed by atoms with Crippen LogP contribution >= 0.6 is 0 Å². The largest absolute Gasteiger partial charge is 0.364 e. The average Bonchev–Trinajstić information content (AvgIpc) is 3.10. The van der Waals surface area contributed by atoms with Gasteiger partial charge < -0.3 is 9.84 Å². The minimum Gasteiger partial charge on any atom is -0.364 e. The van der Waals surface area contributed by atoms with Crippen molar-refractivity contribution in [3.63, 3.8) is 0 Å². The second-order valence-electron chi connectivity index (χ2n) is 11.4. The summed E-state index contributed by atoms with van der Waals surface area (Å²) in [5.41, 5.74) is 10.9. The first kappa shape index (κ1) is 23.4. The van der Waals surface area contributed by atoms with E-state index in [0.29, 0.717) is 23.3 Å². The Hall–Kier alpha value is -1.71. The summed E-state index contributed by atoms with van der Waals surface area (Å²) in [5, 5.41) is 10.1.